The standard InChI is InChI=1S/C10H11ClN2O3/c11-5-1-2-6(7(12)3-5)9(14)4-8(13)10(15)16/h1-3,8H,4,12-13H2,(H,15,16)/i4D,8D. The molecular formula is C10H11ClN2O3. The van der Waals surface area contributed by atoms with Crippen molar-refractivity contribution in [3.05, 3.63) is 28.8 Å². The highest BCUT2D eigenvalue weighted by atomic mass is 35.5. The highest BCUT2D eigenvalue weighted by molar-refractivity contribution is 6.31. The molecule has 1 aromatic rings. The molecule has 6 heteroatoms. The average molecular weight is 245 g/mol. The second-order valence-electron chi connectivity index (χ2n) is 3.00. The number of nitrogens with two attached hydrogens (primary N) is 2. The van der Waals surface area contributed by atoms with Gasteiger partial charge in [-0.15, -0.1) is 0 Å². The predicted octanol–water partition coefficient (Wildman–Crippen LogP) is 0.907. The maximum absolute atomic E-state index is 11.9. The summed E-state index contributed by atoms with van der Waals surface area (Å²) in [6, 6.07) is 1.20. The molecule has 0 radical (unpaired) electrons. The van der Waals surface area contributed by atoms with Gasteiger partial charge in [-0.05, 0) is 18.2 Å². The summed E-state index contributed by atoms with van der Waals surface area (Å²) in [6.45, 7) is 0. The van der Waals surface area contributed by atoms with E-state index < -0.39 is 24.2 Å². The van der Waals surface area contributed by atoms with Gasteiger partial charge in [-0.2, -0.15) is 0 Å². The summed E-state index contributed by atoms with van der Waals surface area (Å²) in [5, 5.41) is 8.98. The van der Waals surface area contributed by atoms with Gasteiger partial charge >= 0.3 is 5.97 Å². The second kappa shape index (κ2) is 4.96. The van der Waals surface area contributed by atoms with Crippen LogP contribution in [0.15, 0.2) is 18.2 Å². The van der Waals surface area contributed by atoms with Gasteiger partial charge in [0, 0.05) is 24.0 Å². The van der Waals surface area contributed by atoms with Crippen molar-refractivity contribution in [3.63, 3.8) is 0 Å². The van der Waals surface area contributed by atoms with E-state index in [4.69, 9.17) is 30.9 Å². The molecular weight excluding hydrogens is 232 g/mol. The minimum atomic E-state index is -2.73. The van der Waals surface area contributed by atoms with Crippen LogP contribution in [0.1, 0.15) is 19.5 Å². The molecule has 0 spiro atoms. The van der Waals surface area contributed by atoms with Crippen LogP contribution in [-0.4, -0.2) is 22.9 Å². The number of aliphatic carboxylic acids is 1. The van der Waals surface area contributed by atoms with E-state index in [1.165, 1.54) is 18.2 Å². The first kappa shape index (κ1) is 9.62. The second-order valence-corrected chi connectivity index (χ2v) is 3.44. The van der Waals surface area contributed by atoms with Gasteiger partial charge in [0.15, 0.2) is 5.78 Å². The van der Waals surface area contributed by atoms with Gasteiger partial charge in [0.1, 0.15) is 6.02 Å². The molecule has 86 valence electrons. The molecule has 0 amide bonds. The molecule has 1 aromatic carbocycles. The van der Waals surface area contributed by atoms with Crippen molar-refractivity contribution in [2.24, 2.45) is 5.73 Å². The first-order valence-corrected chi connectivity index (χ1v) is 4.59. The van der Waals surface area contributed by atoms with Crippen LogP contribution in [-0.2, 0) is 4.79 Å². The summed E-state index contributed by atoms with van der Waals surface area (Å²) in [4.78, 5) is 22.6. The fourth-order valence-corrected chi connectivity index (χ4v) is 1.22. The summed E-state index contributed by atoms with van der Waals surface area (Å²) in [5.74, 6) is -2.70. The zero-order chi connectivity index (χ0) is 14.1. The van der Waals surface area contributed by atoms with Crippen molar-refractivity contribution in [3.8, 4) is 0 Å². The maximum Gasteiger partial charge on any atom is 0.320 e. The number of halogens is 1. The summed E-state index contributed by atoms with van der Waals surface area (Å²) in [5.41, 5.74) is 10.6. The molecule has 0 aromatic heterocycles. The van der Waals surface area contributed by atoms with Crippen LogP contribution < -0.4 is 11.5 Å². The lowest BCUT2D eigenvalue weighted by atomic mass is 10.0. The number of benzene rings is 1. The molecule has 5 N–H and O–H groups in total. The highest BCUT2D eigenvalue weighted by Gasteiger charge is 2.18. The van der Waals surface area contributed by atoms with Crippen molar-refractivity contribution in [2.75, 3.05) is 5.73 Å². The Morgan fingerprint density at radius 2 is 2.25 bits per heavy atom. The minimum Gasteiger partial charge on any atom is -0.480 e. The molecule has 0 aliphatic rings. The van der Waals surface area contributed by atoms with Crippen LogP contribution in [0, 0.1) is 0 Å². The molecule has 1 rings (SSSR count). The SMILES string of the molecule is [2H]C(C(=O)c1ccc(Cl)cc1N)C([2H])(N)C(=O)O. The van der Waals surface area contributed by atoms with Gasteiger partial charge in [-0.25, -0.2) is 0 Å². The van der Waals surface area contributed by atoms with E-state index in [2.05, 4.69) is 0 Å². The van der Waals surface area contributed by atoms with Gasteiger partial charge in [0.25, 0.3) is 0 Å². The quantitative estimate of drug-likeness (QED) is 0.539. The number of carboxylic acids is 1. The van der Waals surface area contributed by atoms with Crippen LogP contribution in [0.4, 0.5) is 5.69 Å². The van der Waals surface area contributed by atoms with Crippen molar-refractivity contribution < 1.29 is 17.4 Å². The van der Waals surface area contributed by atoms with E-state index in [1.54, 1.807) is 0 Å². The van der Waals surface area contributed by atoms with Crippen molar-refractivity contribution in [1.29, 1.82) is 0 Å². The lowest BCUT2D eigenvalue weighted by Crippen LogP contribution is -2.32. The molecule has 2 atom stereocenters. The zero-order valence-corrected chi connectivity index (χ0v) is 8.86. The molecule has 5 nitrogen and oxygen atoms in total. The Kier molecular flexibility index (Phi) is 2.98. The summed E-state index contributed by atoms with van der Waals surface area (Å²) in [7, 11) is 0. The fraction of sp³-hybridized carbons (Fsp3) is 0.200. The third-order valence-electron chi connectivity index (χ3n) is 1.81. The lowest BCUT2D eigenvalue weighted by molar-refractivity contribution is -0.138. The number of nitrogen functional groups attached to an aromatic ring is 1. The molecule has 2 unspecified atom stereocenters. The number of carbonyl (C=O) groups is 2. The van der Waals surface area contributed by atoms with E-state index in [0.29, 0.717) is 5.02 Å². The third-order valence-corrected chi connectivity index (χ3v) is 2.05. The van der Waals surface area contributed by atoms with Crippen LogP contribution >= 0.6 is 11.6 Å². The lowest BCUT2D eigenvalue weighted by Gasteiger charge is -2.07. The van der Waals surface area contributed by atoms with Gasteiger partial charge in [0.05, 0.1) is 1.37 Å². The average Bonchev–Trinajstić information content (AvgIpc) is 2.26. The summed E-state index contributed by atoms with van der Waals surface area (Å²) >= 11 is 5.65. The number of ketones is 1. The number of carbonyl (C=O) groups excluding carboxylic acids is 1. The topological polar surface area (TPSA) is 106 Å². The van der Waals surface area contributed by atoms with Crippen LogP contribution in [0.2, 0.25) is 5.02 Å². The normalized spacial score (nSPS) is 17.9. The third kappa shape index (κ3) is 2.95. The molecule has 0 aliphatic carbocycles. The summed E-state index contributed by atoms with van der Waals surface area (Å²) in [6.07, 6.45) is -1.99. The number of hydrogen-bond acceptors (Lipinski definition) is 4. The number of Topliss-reactive ketones (excluding diaryl/α,β-unsaturated/α-hetero) is 1. The van der Waals surface area contributed by atoms with Crippen molar-refractivity contribution >= 4 is 29.0 Å². The Bertz CT molecular complexity index is 508. The van der Waals surface area contributed by atoms with Crippen molar-refractivity contribution in [1.82, 2.24) is 0 Å². The fourth-order valence-electron chi connectivity index (χ4n) is 1.04. The number of hydrogen-bond donors (Lipinski definition) is 3. The highest BCUT2D eigenvalue weighted by Crippen LogP contribution is 2.19. The summed E-state index contributed by atoms with van der Waals surface area (Å²) < 4.78 is 14.7. The van der Waals surface area contributed by atoms with Crippen molar-refractivity contribution in [2.45, 2.75) is 12.4 Å². The van der Waals surface area contributed by atoms with Crippen LogP contribution in [0.3, 0.4) is 0 Å². The van der Waals surface area contributed by atoms with Gasteiger partial charge in [-0.1, -0.05) is 11.6 Å². The Morgan fingerprint density at radius 3 is 2.75 bits per heavy atom. The van der Waals surface area contributed by atoms with Gasteiger partial charge in [0.2, 0.25) is 0 Å². The van der Waals surface area contributed by atoms with E-state index in [1.807, 2.05) is 0 Å². The minimum absolute atomic E-state index is 0.00550. The molecule has 0 saturated heterocycles. The van der Waals surface area contributed by atoms with Crippen LogP contribution in [0.25, 0.3) is 0 Å². The molecule has 0 saturated carbocycles. The first-order chi connectivity index (χ1) is 8.17. The molecule has 0 heterocycles. The monoisotopic (exact) mass is 244 g/mol. The zero-order valence-electron chi connectivity index (χ0n) is 10.1. The molecule has 16 heavy (non-hydrogen) atoms. The predicted molar refractivity (Wildman–Crippen MR) is 60.4 cm³/mol. The maximum atomic E-state index is 11.9. The number of carboxylic acid groups (broad SMARTS) is 1. The first-order valence-electron chi connectivity index (χ1n) is 5.29. The van der Waals surface area contributed by atoms with E-state index in [-0.39, 0.29) is 11.3 Å². The Hall–Kier alpha value is -1.59. The van der Waals surface area contributed by atoms with E-state index in [0.717, 1.165) is 0 Å². The largest absolute Gasteiger partial charge is 0.480 e. The van der Waals surface area contributed by atoms with Gasteiger partial charge < -0.3 is 16.6 Å². The van der Waals surface area contributed by atoms with Crippen LogP contribution in [0.5, 0.6) is 0 Å². The molecule has 0 aliphatic heterocycles. The Labute approximate surface area is 99.8 Å². The smallest absolute Gasteiger partial charge is 0.320 e. The Morgan fingerprint density at radius 1 is 1.62 bits per heavy atom. The molecule has 0 fully saturated rings. The molecule has 0 bridgehead atoms. The van der Waals surface area contributed by atoms with E-state index >= 15 is 0 Å². The van der Waals surface area contributed by atoms with Gasteiger partial charge in [-0.3, -0.25) is 9.59 Å². The number of anilines is 1. The van der Waals surface area contributed by atoms with E-state index in [9.17, 15) is 9.59 Å². The Balaban J connectivity index is 3.11. The number of rotatable bonds is 4.